The first kappa shape index (κ1) is 18.5. The largest absolute Gasteiger partial charge is 0.507 e. The maximum atomic E-state index is 12.7. The number of hydrazone groups is 1. The molecule has 0 aliphatic rings. The summed E-state index contributed by atoms with van der Waals surface area (Å²) in [5.74, 6) is -0.180. The molecule has 144 valence electrons. The van der Waals surface area contributed by atoms with Gasteiger partial charge in [0.05, 0.1) is 11.8 Å². The summed E-state index contributed by atoms with van der Waals surface area (Å²) in [6.45, 7) is 3.88. The van der Waals surface area contributed by atoms with E-state index in [1.807, 2.05) is 85.1 Å². The average Bonchev–Trinajstić information content (AvgIpc) is 3.04. The van der Waals surface area contributed by atoms with Crippen LogP contribution in [0.25, 0.3) is 16.5 Å². The number of benzene rings is 3. The van der Waals surface area contributed by atoms with E-state index < -0.39 is 0 Å². The highest BCUT2D eigenvalue weighted by atomic mass is 16.3. The summed E-state index contributed by atoms with van der Waals surface area (Å²) in [5, 5.41) is 16.1. The highest BCUT2D eigenvalue weighted by Crippen LogP contribution is 2.25. The van der Waals surface area contributed by atoms with E-state index in [4.69, 9.17) is 0 Å². The lowest BCUT2D eigenvalue weighted by Gasteiger charge is -2.09. The summed E-state index contributed by atoms with van der Waals surface area (Å²) < 4.78 is 2.04. The van der Waals surface area contributed by atoms with Gasteiger partial charge in [0, 0.05) is 22.6 Å². The Balaban J connectivity index is 1.60. The monoisotopic (exact) mass is 383 g/mol. The van der Waals surface area contributed by atoms with Crippen molar-refractivity contribution < 1.29 is 9.90 Å². The van der Waals surface area contributed by atoms with Gasteiger partial charge in [0.1, 0.15) is 5.75 Å². The Kier molecular flexibility index (Phi) is 4.87. The third-order valence-electron chi connectivity index (χ3n) is 5.00. The molecule has 0 saturated heterocycles. The van der Waals surface area contributed by atoms with E-state index in [1.165, 1.54) is 6.21 Å². The Hall–Kier alpha value is -3.86. The average molecular weight is 383 g/mol. The maximum absolute atomic E-state index is 12.7. The number of aryl methyl sites for hydroxylation is 1. The lowest BCUT2D eigenvalue weighted by Crippen LogP contribution is -2.18. The van der Waals surface area contributed by atoms with Gasteiger partial charge in [-0.15, -0.1) is 0 Å². The molecule has 0 atom stereocenters. The molecule has 0 saturated carbocycles. The Morgan fingerprint density at radius 1 is 1.00 bits per heavy atom. The summed E-state index contributed by atoms with van der Waals surface area (Å²) in [6, 6.07) is 22.9. The van der Waals surface area contributed by atoms with Gasteiger partial charge in [0.25, 0.3) is 5.91 Å². The van der Waals surface area contributed by atoms with Crippen LogP contribution in [0, 0.1) is 13.8 Å². The molecule has 1 heterocycles. The number of nitrogens with one attached hydrogen (secondary N) is 1. The van der Waals surface area contributed by atoms with Gasteiger partial charge in [-0.05, 0) is 48.9 Å². The fourth-order valence-corrected chi connectivity index (χ4v) is 3.60. The minimum absolute atomic E-state index is 0.115. The van der Waals surface area contributed by atoms with Crippen molar-refractivity contribution in [2.24, 2.45) is 5.10 Å². The van der Waals surface area contributed by atoms with Crippen LogP contribution in [0.1, 0.15) is 27.3 Å². The maximum Gasteiger partial charge on any atom is 0.273 e. The number of fused-ring (bicyclic) bond motifs is 1. The lowest BCUT2D eigenvalue weighted by molar-refractivity contribution is 0.0954. The van der Waals surface area contributed by atoms with Crippen molar-refractivity contribution >= 4 is 22.9 Å². The molecule has 2 N–H and O–H groups in total. The fraction of sp³-hybridized carbons (Fsp3) is 0.0833. The predicted octanol–water partition coefficient (Wildman–Crippen LogP) is 4.72. The normalized spacial score (nSPS) is 11.2. The molecule has 3 aromatic carbocycles. The van der Waals surface area contributed by atoms with E-state index >= 15 is 0 Å². The number of hydrogen-bond acceptors (Lipinski definition) is 3. The van der Waals surface area contributed by atoms with E-state index in [1.54, 1.807) is 6.07 Å². The highest BCUT2D eigenvalue weighted by molar-refractivity contribution is 6.03. The number of para-hydroxylation sites is 1. The molecule has 0 aliphatic heterocycles. The smallest absolute Gasteiger partial charge is 0.273 e. The van der Waals surface area contributed by atoms with E-state index in [-0.39, 0.29) is 11.7 Å². The number of nitrogens with zero attached hydrogens (tertiary/aromatic N) is 2. The minimum Gasteiger partial charge on any atom is -0.507 e. The first-order valence-corrected chi connectivity index (χ1v) is 9.35. The predicted molar refractivity (Wildman–Crippen MR) is 116 cm³/mol. The number of rotatable bonds is 4. The standard InChI is InChI=1S/C24H21N3O2/c1-16-14-21(17(2)27(16)19-9-4-3-5-10-19)24(29)26-25-15-22-20-11-7-6-8-18(20)12-13-23(22)28/h3-15,28H,1-2H3,(H,26,29)/b25-15+. The summed E-state index contributed by atoms with van der Waals surface area (Å²) >= 11 is 0. The van der Waals surface area contributed by atoms with Gasteiger partial charge in [-0.2, -0.15) is 5.10 Å². The van der Waals surface area contributed by atoms with E-state index in [0.29, 0.717) is 11.1 Å². The van der Waals surface area contributed by atoms with Gasteiger partial charge in [0.15, 0.2) is 0 Å². The van der Waals surface area contributed by atoms with Crippen LogP contribution in [-0.2, 0) is 0 Å². The van der Waals surface area contributed by atoms with Gasteiger partial charge < -0.3 is 9.67 Å². The first-order valence-electron chi connectivity index (χ1n) is 9.35. The molecule has 0 bridgehead atoms. The molecule has 0 radical (unpaired) electrons. The second-order valence-corrected chi connectivity index (χ2v) is 6.87. The first-order chi connectivity index (χ1) is 14.1. The number of hydrogen-bond donors (Lipinski definition) is 2. The molecule has 0 fully saturated rings. The van der Waals surface area contributed by atoms with Crippen LogP contribution >= 0.6 is 0 Å². The molecular formula is C24H21N3O2. The van der Waals surface area contributed by atoms with Crippen LogP contribution in [0.5, 0.6) is 5.75 Å². The molecule has 4 rings (SSSR count). The van der Waals surface area contributed by atoms with E-state index in [0.717, 1.165) is 27.8 Å². The Morgan fingerprint density at radius 2 is 1.72 bits per heavy atom. The molecule has 29 heavy (non-hydrogen) atoms. The lowest BCUT2D eigenvalue weighted by atomic mass is 10.0. The SMILES string of the molecule is Cc1cc(C(=O)N/N=C/c2c(O)ccc3ccccc23)c(C)n1-c1ccccc1. The van der Waals surface area contributed by atoms with Crippen molar-refractivity contribution in [1.29, 1.82) is 0 Å². The molecule has 4 aromatic rings. The summed E-state index contributed by atoms with van der Waals surface area (Å²) in [7, 11) is 0. The highest BCUT2D eigenvalue weighted by Gasteiger charge is 2.16. The minimum atomic E-state index is -0.295. The third kappa shape index (κ3) is 3.50. The van der Waals surface area contributed by atoms with Crippen LogP contribution in [-0.4, -0.2) is 21.8 Å². The van der Waals surface area contributed by atoms with Gasteiger partial charge >= 0.3 is 0 Å². The zero-order chi connectivity index (χ0) is 20.4. The zero-order valence-corrected chi connectivity index (χ0v) is 16.3. The van der Waals surface area contributed by atoms with Crippen LogP contribution in [0.15, 0.2) is 77.9 Å². The molecule has 5 heteroatoms. The van der Waals surface area contributed by atoms with Crippen LogP contribution in [0.4, 0.5) is 0 Å². The van der Waals surface area contributed by atoms with Crippen LogP contribution < -0.4 is 5.43 Å². The summed E-state index contributed by atoms with van der Waals surface area (Å²) in [4.78, 5) is 12.7. The van der Waals surface area contributed by atoms with E-state index in [2.05, 4.69) is 10.5 Å². The van der Waals surface area contributed by atoms with Gasteiger partial charge in [0.2, 0.25) is 0 Å². The van der Waals surface area contributed by atoms with Gasteiger partial charge in [-0.25, -0.2) is 5.43 Å². The number of phenols is 1. The van der Waals surface area contributed by atoms with Crippen molar-refractivity contribution in [1.82, 2.24) is 9.99 Å². The molecular weight excluding hydrogens is 362 g/mol. The molecule has 0 unspecified atom stereocenters. The zero-order valence-electron chi connectivity index (χ0n) is 16.3. The number of phenolic OH excluding ortho intramolecular Hbond substituents is 1. The molecule has 1 aromatic heterocycles. The number of carbonyl (C=O) groups is 1. The molecule has 5 nitrogen and oxygen atoms in total. The van der Waals surface area contributed by atoms with Crippen molar-refractivity contribution in [3.63, 3.8) is 0 Å². The van der Waals surface area contributed by atoms with Crippen molar-refractivity contribution in [2.45, 2.75) is 13.8 Å². The van der Waals surface area contributed by atoms with Gasteiger partial charge in [-0.3, -0.25) is 4.79 Å². The van der Waals surface area contributed by atoms with Crippen LogP contribution in [0.3, 0.4) is 0 Å². The van der Waals surface area contributed by atoms with Gasteiger partial charge in [-0.1, -0.05) is 48.5 Å². The Bertz CT molecular complexity index is 1220. The second kappa shape index (κ2) is 7.64. The quantitative estimate of drug-likeness (QED) is 0.396. The topological polar surface area (TPSA) is 66.6 Å². The molecule has 0 aliphatic carbocycles. The second-order valence-electron chi connectivity index (χ2n) is 6.87. The van der Waals surface area contributed by atoms with Crippen molar-refractivity contribution in [3.8, 4) is 11.4 Å². The molecule has 1 amide bonds. The Morgan fingerprint density at radius 3 is 2.52 bits per heavy atom. The number of aromatic nitrogens is 1. The molecule has 0 spiro atoms. The Labute approximate surface area is 168 Å². The number of amides is 1. The van der Waals surface area contributed by atoms with Crippen LogP contribution in [0.2, 0.25) is 0 Å². The number of carbonyl (C=O) groups excluding carboxylic acids is 1. The van der Waals surface area contributed by atoms with Crippen molar-refractivity contribution in [2.75, 3.05) is 0 Å². The third-order valence-corrected chi connectivity index (χ3v) is 5.00. The van der Waals surface area contributed by atoms with Crippen molar-refractivity contribution in [3.05, 3.63) is 95.3 Å². The summed E-state index contributed by atoms with van der Waals surface area (Å²) in [6.07, 6.45) is 1.48. The number of aromatic hydroxyl groups is 1. The fourth-order valence-electron chi connectivity index (χ4n) is 3.60. The summed E-state index contributed by atoms with van der Waals surface area (Å²) in [5.41, 5.74) is 6.52. The van der Waals surface area contributed by atoms with E-state index in [9.17, 15) is 9.90 Å².